The first-order valence-electron chi connectivity index (χ1n) is 33.5. The van der Waals surface area contributed by atoms with Gasteiger partial charge in [-0.3, -0.25) is 14.4 Å². The fraction of sp³-hybridized carbons (Fsp3) is 0.870. The molecule has 0 radical (unpaired) electrons. The maximum atomic E-state index is 12.9. The summed E-state index contributed by atoms with van der Waals surface area (Å²) in [5, 5.41) is 0. The van der Waals surface area contributed by atoms with E-state index in [2.05, 4.69) is 57.2 Å². The van der Waals surface area contributed by atoms with Crippen LogP contribution in [-0.2, 0) is 28.6 Å². The molecule has 0 aliphatic rings. The van der Waals surface area contributed by atoms with Gasteiger partial charge in [0.2, 0.25) is 0 Å². The third-order valence-corrected chi connectivity index (χ3v) is 15.1. The smallest absolute Gasteiger partial charge is 0.306 e. The topological polar surface area (TPSA) is 78.9 Å². The summed E-state index contributed by atoms with van der Waals surface area (Å²) in [6.45, 7) is 6.70. The Morgan fingerprint density at radius 1 is 0.267 bits per heavy atom. The highest BCUT2D eigenvalue weighted by Gasteiger charge is 2.19. The molecular weight excluding hydrogens is 925 g/mol. The summed E-state index contributed by atoms with van der Waals surface area (Å²) < 4.78 is 17.0. The van der Waals surface area contributed by atoms with Crippen molar-refractivity contribution in [3.63, 3.8) is 0 Å². The maximum absolute atomic E-state index is 12.9. The number of carbonyl (C=O) groups is 3. The van der Waals surface area contributed by atoms with Gasteiger partial charge in [-0.05, 0) is 57.8 Å². The molecular formula is C69H128O6. The van der Waals surface area contributed by atoms with E-state index in [0.29, 0.717) is 19.3 Å². The molecule has 0 fully saturated rings. The number of allylic oxidation sites excluding steroid dienone is 6. The molecule has 0 aliphatic carbocycles. The van der Waals surface area contributed by atoms with Crippen LogP contribution < -0.4 is 0 Å². The van der Waals surface area contributed by atoms with Gasteiger partial charge in [-0.25, -0.2) is 0 Å². The van der Waals surface area contributed by atoms with Crippen LogP contribution in [0.15, 0.2) is 36.5 Å². The molecule has 0 aliphatic heterocycles. The van der Waals surface area contributed by atoms with Crippen LogP contribution in [0.25, 0.3) is 0 Å². The second-order valence-electron chi connectivity index (χ2n) is 22.7. The zero-order chi connectivity index (χ0) is 54.3. The van der Waals surface area contributed by atoms with E-state index in [1.54, 1.807) is 0 Å². The average Bonchev–Trinajstić information content (AvgIpc) is 3.41. The summed E-state index contributed by atoms with van der Waals surface area (Å²) in [6.07, 6.45) is 78.6. The van der Waals surface area contributed by atoms with Gasteiger partial charge in [-0.15, -0.1) is 0 Å². The summed E-state index contributed by atoms with van der Waals surface area (Å²) in [5.74, 6) is -0.847. The lowest BCUT2D eigenvalue weighted by Crippen LogP contribution is -2.30. The van der Waals surface area contributed by atoms with Crippen LogP contribution in [0.5, 0.6) is 0 Å². The van der Waals surface area contributed by atoms with Crippen LogP contribution in [0.3, 0.4) is 0 Å². The van der Waals surface area contributed by atoms with Gasteiger partial charge in [0.1, 0.15) is 13.2 Å². The van der Waals surface area contributed by atoms with Crippen molar-refractivity contribution in [3.05, 3.63) is 36.5 Å². The molecule has 0 bridgehead atoms. The Morgan fingerprint density at radius 3 is 0.747 bits per heavy atom. The Balaban J connectivity index is 4.32. The molecule has 0 aromatic rings. The first-order valence-corrected chi connectivity index (χ1v) is 33.5. The van der Waals surface area contributed by atoms with Gasteiger partial charge < -0.3 is 14.2 Å². The van der Waals surface area contributed by atoms with E-state index < -0.39 is 6.10 Å². The standard InChI is InChI=1S/C69H128O6/c1-4-7-10-13-16-19-22-25-28-31-33-34-35-36-37-39-41-44-47-50-53-56-59-62-68(71)74-65-66(64-73-67(70)61-58-55-52-49-46-43-40-30-27-24-21-18-15-12-9-6-3)75-69(72)63-60-57-54-51-48-45-42-38-32-29-26-23-20-17-14-11-8-5-2/h22,25,31,33,35-36,66H,4-21,23-24,26-30,32,34,37-65H2,1-3H3/b25-22-,33-31-,36-35-. The van der Waals surface area contributed by atoms with Gasteiger partial charge in [0.25, 0.3) is 0 Å². The maximum Gasteiger partial charge on any atom is 0.306 e. The van der Waals surface area contributed by atoms with Gasteiger partial charge >= 0.3 is 17.9 Å². The molecule has 0 aromatic carbocycles. The minimum absolute atomic E-state index is 0.0685. The fourth-order valence-corrected chi connectivity index (χ4v) is 10.1. The van der Waals surface area contributed by atoms with Gasteiger partial charge in [0, 0.05) is 19.3 Å². The number of ether oxygens (including phenoxy) is 3. The van der Waals surface area contributed by atoms with Crippen LogP contribution in [0.2, 0.25) is 0 Å². The van der Waals surface area contributed by atoms with Crippen LogP contribution in [0.4, 0.5) is 0 Å². The summed E-state index contributed by atoms with van der Waals surface area (Å²) in [5.41, 5.74) is 0. The van der Waals surface area contributed by atoms with E-state index >= 15 is 0 Å². The molecule has 0 amide bonds. The predicted octanol–water partition coefficient (Wildman–Crippen LogP) is 22.8. The summed E-state index contributed by atoms with van der Waals surface area (Å²) >= 11 is 0. The Labute approximate surface area is 467 Å². The summed E-state index contributed by atoms with van der Waals surface area (Å²) in [7, 11) is 0. The van der Waals surface area contributed by atoms with E-state index in [4.69, 9.17) is 14.2 Å². The van der Waals surface area contributed by atoms with E-state index in [0.717, 1.165) is 77.0 Å². The molecule has 1 unspecified atom stereocenters. The molecule has 1 atom stereocenters. The van der Waals surface area contributed by atoms with Crippen LogP contribution >= 0.6 is 0 Å². The molecule has 0 spiro atoms. The monoisotopic (exact) mass is 1050 g/mol. The number of unbranched alkanes of at least 4 members (excludes halogenated alkanes) is 45. The average molecular weight is 1050 g/mol. The first kappa shape index (κ1) is 72.6. The largest absolute Gasteiger partial charge is 0.462 e. The highest BCUT2D eigenvalue weighted by molar-refractivity contribution is 5.71. The van der Waals surface area contributed by atoms with E-state index in [-0.39, 0.29) is 31.1 Å². The Hall–Kier alpha value is -2.37. The van der Waals surface area contributed by atoms with Crippen molar-refractivity contribution in [1.29, 1.82) is 0 Å². The molecule has 0 heterocycles. The van der Waals surface area contributed by atoms with Gasteiger partial charge in [0.05, 0.1) is 0 Å². The van der Waals surface area contributed by atoms with Crippen LogP contribution in [0, 0.1) is 0 Å². The SMILES string of the molecule is CCCCCCC/C=C\C/C=C\C/C=C\CCCCCCCCCCC(=O)OCC(COC(=O)CCCCCCCCCCCCCCCCCC)OC(=O)CCCCCCCCCCCCCCCCCCCC. The lowest BCUT2D eigenvalue weighted by Gasteiger charge is -2.18. The third-order valence-electron chi connectivity index (χ3n) is 15.1. The normalized spacial score (nSPS) is 12.2. The molecule has 0 saturated heterocycles. The molecule has 440 valence electrons. The highest BCUT2D eigenvalue weighted by Crippen LogP contribution is 2.18. The predicted molar refractivity (Wildman–Crippen MR) is 326 cm³/mol. The van der Waals surface area contributed by atoms with Crippen LogP contribution in [0.1, 0.15) is 367 Å². The van der Waals surface area contributed by atoms with Crippen LogP contribution in [-0.4, -0.2) is 37.2 Å². The Kier molecular flexibility index (Phi) is 62.1. The van der Waals surface area contributed by atoms with Crippen molar-refractivity contribution in [2.45, 2.75) is 374 Å². The van der Waals surface area contributed by atoms with Gasteiger partial charge in [-0.2, -0.15) is 0 Å². The van der Waals surface area contributed by atoms with E-state index in [9.17, 15) is 14.4 Å². The lowest BCUT2D eigenvalue weighted by atomic mass is 10.0. The molecule has 0 N–H and O–H groups in total. The molecule has 0 saturated carbocycles. The molecule has 0 aromatic heterocycles. The minimum atomic E-state index is -0.772. The van der Waals surface area contributed by atoms with Gasteiger partial charge in [-0.1, -0.05) is 327 Å². The van der Waals surface area contributed by atoms with E-state index in [1.807, 2.05) is 0 Å². The minimum Gasteiger partial charge on any atom is -0.462 e. The Bertz CT molecular complexity index is 1250. The second kappa shape index (κ2) is 64.2. The quantitative estimate of drug-likeness (QED) is 0.0261. The lowest BCUT2D eigenvalue weighted by molar-refractivity contribution is -0.167. The molecule has 0 rings (SSSR count). The highest BCUT2D eigenvalue weighted by atomic mass is 16.6. The number of hydrogen-bond acceptors (Lipinski definition) is 6. The zero-order valence-electron chi connectivity index (χ0n) is 50.6. The van der Waals surface area contributed by atoms with Crippen molar-refractivity contribution in [3.8, 4) is 0 Å². The number of rotatable bonds is 62. The van der Waals surface area contributed by atoms with Crippen molar-refractivity contribution in [1.82, 2.24) is 0 Å². The molecule has 6 nitrogen and oxygen atoms in total. The summed E-state index contributed by atoms with van der Waals surface area (Å²) in [6, 6.07) is 0. The first-order chi connectivity index (χ1) is 37.0. The molecule has 75 heavy (non-hydrogen) atoms. The van der Waals surface area contributed by atoms with E-state index in [1.165, 1.54) is 250 Å². The second-order valence-corrected chi connectivity index (χ2v) is 22.7. The number of esters is 3. The molecule has 6 heteroatoms. The van der Waals surface area contributed by atoms with Crippen molar-refractivity contribution >= 4 is 17.9 Å². The van der Waals surface area contributed by atoms with Crippen molar-refractivity contribution in [2.75, 3.05) is 13.2 Å². The van der Waals surface area contributed by atoms with Crippen molar-refractivity contribution < 1.29 is 28.6 Å². The number of carbonyl (C=O) groups excluding carboxylic acids is 3. The third kappa shape index (κ3) is 62.4. The van der Waals surface area contributed by atoms with Crippen molar-refractivity contribution in [2.24, 2.45) is 0 Å². The fourth-order valence-electron chi connectivity index (χ4n) is 10.1. The van der Waals surface area contributed by atoms with Gasteiger partial charge in [0.15, 0.2) is 6.10 Å². The number of hydrogen-bond donors (Lipinski definition) is 0. The zero-order valence-corrected chi connectivity index (χ0v) is 50.6. The Morgan fingerprint density at radius 2 is 0.480 bits per heavy atom. The summed E-state index contributed by atoms with van der Waals surface area (Å²) in [4.78, 5) is 38.4.